The Morgan fingerprint density at radius 2 is 1.39 bits per heavy atom. The molecule has 2 rings (SSSR count). The number of hydrogen-bond donors (Lipinski definition) is 3. The van der Waals surface area contributed by atoms with Gasteiger partial charge in [-0.15, -0.1) is 0 Å². The number of amides is 3. The van der Waals surface area contributed by atoms with Crippen molar-refractivity contribution in [2.45, 2.75) is 66.2 Å². The first kappa shape index (κ1) is 28.6. The molecule has 8 heteroatoms. The highest BCUT2D eigenvalue weighted by Crippen LogP contribution is 2.14. The molecule has 0 saturated carbocycles. The lowest BCUT2D eigenvalue weighted by molar-refractivity contribution is -0.128. The first-order valence-electron chi connectivity index (χ1n) is 12.2. The van der Waals surface area contributed by atoms with Crippen molar-refractivity contribution in [2.75, 3.05) is 5.32 Å². The number of carbonyl (C=O) groups is 4. The van der Waals surface area contributed by atoms with Crippen molar-refractivity contribution < 1.29 is 23.9 Å². The molecule has 3 N–H and O–H groups in total. The number of benzene rings is 2. The minimum Gasteiger partial charge on any atom is -0.445 e. The topological polar surface area (TPSA) is 114 Å². The molecule has 194 valence electrons. The summed E-state index contributed by atoms with van der Waals surface area (Å²) >= 11 is 0. The number of anilines is 1. The van der Waals surface area contributed by atoms with Crippen molar-refractivity contribution in [3.8, 4) is 0 Å². The molecule has 2 atom stereocenters. The second-order valence-corrected chi connectivity index (χ2v) is 9.71. The number of alkyl carbamates (subject to hydrolysis) is 1. The summed E-state index contributed by atoms with van der Waals surface area (Å²) in [6.07, 6.45) is 0.0744. The quantitative estimate of drug-likeness (QED) is 0.369. The molecule has 0 radical (unpaired) electrons. The van der Waals surface area contributed by atoms with Gasteiger partial charge in [-0.3, -0.25) is 14.4 Å². The van der Waals surface area contributed by atoms with E-state index in [0.29, 0.717) is 24.1 Å². The van der Waals surface area contributed by atoms with Crippen LogP contribution in [-0.2, 0) is 20.9 Å². The zero-order valence-electron chi connectivity index (χ0n) is 21.7. The van der Waals surface area contributed by atoms with Gasteiger partial charge in [0.25, 0.3) is 0 Å². The predicted octanol–water partition coefficient (Wildman–Crippen LogP) is 4.70. The SMILES string of the molecule is CC(=O)c1cccc(NC(=O)[C@H](CC(C)C)NC(=O)[C@H](CC(C)C)NC(=O)OCc2ccccc2)c1. The van der Waals surface area contributed by atoms with E-state index in [1.165, 1.54) is 6.92 Å². The number of Topliss-reactive ketones (excluding diaryl/α,β-unsaturated/α-hetero) is 1. The molecule has 2 aromatic carbocycles. The fraction of sp³-hybridized carbons (Fsp3) is 0.429. The van der Waals surface area contributed by atoms with Crippen molar-refractivity contribution in [3.05, 3.63) is 65.7 Å². The summed E-state index contributed by atoms with van der Waals surface area (Å²) in [5.74, 6) is -0.731. The van der Waals surface area contributed by atoms with E-state index in [2.05, 4.69) is 16.0 Å². The van der Waals surface area contributed by atoms with Crippen LogP contribution in [0, 0.1) is 11.8 Å². The van der Waals surface area contributed by atoms with Crippen molar-refractivity contribution in [3.63, 3.8) is 0 Å². The van der Waals surface area contributed by atoms with Crippen LogP contribution in [0.5, 0.6) is 0 Å². The number of ether oxygens (including phenoxy) is 1. The average molecular weight is 496 g/mol. The molecule has 0 saturated heterocycles. The predicted molar refractivity (Wildman–Crippen MR) is 139 cm³/mol. The third-order valence-corrected chi connectivity index (χ3v) is 5.41. The van der Waals surface area contributed by atoms with E-state index >= 15 is 0 Å². The number of carbonyl (C=O) groups excluding carboxylic acids is 4. The lowest BCUT2D eigenvalue weighted by Gasteiger charge is -2.25. The normalized spacial score (nSPS) is 12.5. The Kier molecular flexibility index (Phi) is 11.1. The fourth-order valence-electron chi connectivity index (χ4n) is 3.63. The van der Waals surface area contributed by atoms with Gasteiger partial charge in [-0.2, -0.15) is 0 Å². The maximum absolute atomic E-state index is 13.2. The molecule has 2 aromatic rings. The summed E-state index contributed by atoms with van der Waals surface area (Å²) in [5, 5.41) is 8.23. The maximum Gasteiger partial charge on any atom is 0.408 e. The highest BCUT2D eigenvalue weighted by molar-refractivity contribution is 6.00. The highest BCUT2D eigenvalue weighted by atomic mass is 16.5. The Labute approximate surface area is 213 Å². The van der Waals surface area contributed by atoms with Gasteiger partial charge in [-0.05, 0) is 49.3 Å². The molecular formula is C28H37N3O5. The highest BCUT2D eigenvalue weighted by Gasteiger charge is 2.28. The van der Waals surface area contributed by atoms with Gasteiger partial charge in [0.1, 0.15) is 18.7 Å². The standard InChI is InChI=1S/C28H37N3O5/c1-18(2)14-24(26(33)29-23-13-9-12-22(16-23)20(5)32)30-27(34)25(15-19(3)4)31-28(35)36-17-21-10-7-6-8-11-21/h6-13,16,18-19,24-25H,14-15,17H2,1-5H3,(H,29,33)(H,30,34)(H,31,35)/t24-,25-/m0/s1. The van der Waals surface area contributed by atoms with Crippen molar-refractivity contribution in [1.82, 2.24) is 10.6 Å². The Hall–Kier alpha value is -3.68. The minimum absolute atomic E-state index is 0.0837. The zero-order chi connectivity index (χ0) is 26.7. The summed E-state index contributed by atoms with van der Waals surface area (Å²) < 4.78 is 5.28. The minimum atomic E-state index is -0.864. The molecule has 36 heavy (non-hydrogen) atoms. The molecule has 0 fully saturated rings. The first-order chi connectivity index (χ1) is 17.0. The first-order valence-corrected chi connectivity index (χ1v) is 12.2. The third kappa shape index (κ3) is 9.90. The van der Waals surface area contributed by atoms with Crippen molar-refractivity contribution in [2.24, 2.45) is 11.8 Å². The van der Waals surface area contributed by atoms with Crippen LogP contribution in [0.1, 0.15) is 63.4 Å². The zero-order valence-corrected chi connectivity index (χ0v) is 21.7. The number of hydrogen-bond acceptors (Lipinski definition) is 5. The van der Waals surface area contributed by atoms with Crippen LogP contribution in [0.2, 0.25) is 0 Å². The molecular weight excluding hydrogens is 458 g/mol. The monoisotopic (exact) mass is 495 g/mol. The summed E-state index contributed by atoms with van der Waals surface area (Å²) in [5.41, 5.74) is 1.78. The molecule has 3 amide bonds. The summed E-state index contributed by atoms with van der Waals surface area (Å²) in [6, 6.07) is 14.2. The molecule has 0 bridgehead atoms. The molecule has 0 unspecified atom stereocenters. The van der Waals surface area contributed by atoms with Crippen LogP contribution < -0.4 is 16.0 Å². The van der Waals surface area contributed by atoms with Crippen molar-refractivity contribution >= 4 is 29.4 Å². The maximum atomic E-state index is 13.2. The molecule has 0 aliphatic heterocycles. The molecule has 0 aliphatic carbocycles. The number of rotatable bonds is 12. The Morgan fingerprint density at radius 1 is 0.778 bits per heavy atom. The molecule has 8 nitrogen and oxygen atoms in total. The van der Waals surface area contributed by atoms with Gasteiger partial charge in [0.15, 0.2) is 5.78 Å². The van der Waals surface area contributed by atoms with E-state index in [0.717, 1.165) is 5.56 Å². The second kappa shape index (κ2) is 14.0. The number of nitrogens with one attached hydrogen (secondary N) is 3. The van der Waals surface area contributed by atoms with Gasteiger partial charge in [0.2, 0.25) is 11.8 Å². The van der Waals surface area contributed by atoms with Gasteiger partial charge >= 0.3 is 6.09 Å². The van der Waals surface area contributed by atoms with E-state index in [-0.39, 0.29) is 24.2 Å². The van der Waals surface area contributed by atoms with Crippen LogP contribution in [0.25, 0.3) is 0 Å². The van der Waals surface area contributed by atoms with Gasteiger partial charge in [-0.1, -0.05) is 70.2 Å². The Morgan fingerprint density at radius 3 is 1.97 bits per heavy atom. The lowest BCUT2D eigenvalue weighted by Crippen LogP contribution is -2.53. The molecule has 0 spiro atoms. The van der Waals surface area contributed by atoms with Crippen LogP contribution in [0.3, 0.4) is 0 Å². The summed E-state index contributed by atoms with van der Waals surface area (Å²) in [6.45, 7) is 9.33. The molecule has 0 heterocycles. The summed E-state index contributed by atoms with van der Waals surface area (Å²) in [4.78, 5) is 50.3. The van der Waals surface area contributed by atoms with Gasteiger partial charge < -0.3 is 20.7 Å². The lowest BCUT2D eigenvalue weighted by atomic mass is 10.00. The van der Waals surface area contributed by atoms with Crippen LogP contribution in [0.4, 0.5) is 10.5 Å². The van der Waals surface area contributed by atoms with Crippen LogP contribution in [0.15, 0.2) is 54.6 Å². The molecule has 0 aromatic heterocycles. The van der Waals surface area contributed by atoms with Crippen molar-refractivity contribution in [1.29, 1.82) is 0 Å². The fourth-order valence-corrected chi connectivity index (χ4v) is 3.63. The Bertz CT molecular complexity index is 1040. The average Bonchev–Trinajstić information content (AvgIpc) is 2.82. The largest absolute Gasteiger partial charge is 0.445 e. The van der Waals surface area contributed by atoms with E-state index in [4.69, 9.17) is 4.74 Å². The number of ketones is 1. The molecule has 0 aliphatic rings. The Balaban J connectivity index is 2.08. The van der Waals surface area contributed by atoms with Gasteiger partial charge in [0, 0.05) is 11.3 Å². The third-order valence-electron chi connectivity index (χ3n) is 5.41. The van der Waals surface area contributed by atoms with Crippen LogP contribution >= 0.6 is 0 Å². The van der Waals surface area contributed by atoms with E-state index in [9.17, 15) is 19.2 Å². The summed E-state index contributed by atoms with van der Waals surface area (Å²) in [7, 11) is 0. The van der Waals surface area contributed by atoms with Gasteiger partial charge in [-0.25, -0.2) is 4.79 Å². The smallest absolute Gasteiger partial charge is 0.408 e. The van der Waals surface area contributed by atoms with Crippen LogP contribution in [-0.4, -0.2) is 35.8 Å². The van der Waals surface area contributed by atoms with Gasteiger partial charge in [0.05, 0.1) is 0 Å². The van der Waals surface area contributed by atoms with E-state index < -0.39 is 30.0 Å². The van der Waals surface area contributed by atoms with E-state index in [1.54, 1.807) is 24.3 Å². The second-order valence-electron chi connectivity index (χ2n) is 9.71. The van der Waals surface area contributed by atoms with E-state index in [1.807, 2.05) is 58.0 Å².